The number of nitrogens with zero attached hydrogens (tertiary/aromatic N) is 1. The topological polar surface area (TPSA) is 44.4 Å². The van der Waals surface area contributed by atoms with Crippen molar-refractivity contribution in [1.29, 1.82) is 0 Å². The number of nitrogens with one attached hydrogen (secondary N) is 2. The summed E-state index contributed by atoms with van der Waals surface area (Å²) in [7, 11) is 0. The van der Waals surface area contributed by atoms with Crippen molar-refractivity contribution >= 4 is 17.3 Å². The Morgan fingerprint density at radius 2 is 1.88 bits per heavy atom. The van der Waals surface area contributed by atoms with Gasteiger partial charge >= 0.3 is 0 Å². The average Bonchev–Trinajstić information content (AvgIpc) is 2.62. The van der Waals surface area contributed by atoms with Gasteiger partial charge in [-0.15, -0.1) is 0 Å². The van der Waals surface area contributed by atoms with Crippen LogP contribution in [0.15, 0.2) is 42.5 Å². The van der Waals surface area contributed by atoms with Crippen molar-refractivity contribution in [3.63, 3.8) is 0 Å². The van der Waals surface area contributed by atoms with Crippen LogP contribution in [0.5, 0.6) is 0 Å². The first-order valence-electron chi connectivity index (χ1n) is 8.72. The second kappa shape index (κ2) is 7.66. The predicted octanol–water partition coefficient (Wildman–Crippen LogP) is 3.61. The normalized spacial score (nSPS) is 14.6. The van der Waals surface area contributed by atoms with Gasteiger partial charge in [0.2, 0.25) is 0 Å². The van der Waals surface area contributed by atoms with Crippen LogP contribution in [0, 0.1) is 5.82 Å². The van der Waals surface area contributed by atoms with E-state index >= 15 is 0 Å². The molecular weight excluding hydrogens is 317 g/mol. The summed E-state index contributed by atoms with van der Waals surface area (Å²) in [6.45, 7) is 7.37. The first kappa shape index (κ1) is 17.4. The summed E-state index contributed by atoms with van der Waals surface area (Å²) in [5.41, 5.74) is 2.67. The Morgan fingerprint density at radius 1 is 1.16 bits per heavy atom. The van der Waals surface area contributed by atoms with Crippen molar-refractivity contribution in [3.05, 3.63) is 59.4 Å². The van der Waals surface area contributed by atoms with E-state index in [0.29, 0.717) is 16.9 Å². The Morgan fingerprint density at radius 3 is 2.56 bits per heavy atom. The summed E-state index contributed by atoms with van der Waals surface area (Å²) in [5, 5.41) is 6.07. The third kappa shape index (κ3) is 3.99. The summed E-state index contributed by atoms with van der Waals surface area (Å²) in [5.74, 6) is -0.274. The lowest BCUT2D eigenvalue weighted by molar-refractivity contribution is 0.102. The maximum Gasteiger partial charge on any atom is 0.255 e. The van der Waals surface area contributed by atoms with E-state index in [4.69, 9.17) is 0 Å². The second-order valence-electron chi connectivity index (χ2n) is 6.60. The molecule has 4 nitrogen and oxygen atoms in total. The molecule has 1 fully saturated rings. The quantitative estimate of drug-likeness (QED) is 0.893. The Hall–Kier alpha value is -2.40. The zero-order valence-corrected chi connectivity index (χ0v) is 14.7. The number of carbonyl (C=O) groups excluding carboxylic acids is 1. The smallest absolute Gasteiger partial charge is 0.255 e. The average molecular weight is 341 g/mol. The van der Waals surface area contributed by atoms with Crippen LogP contribution in [0.3, 0.4) is 0 Å². The zero-order chi connectivity index (χ0) is 17.8. The number of anilines is 2. The van der Waals surface area contributed by atoms with Gasteiger partial charge in [0.1, 0.15) is 5.82 Å². The molecule has 1 heterocycles. The van der Waals surface area contributed by atoms with Crippen LogP contribution in [0.2, 0.25) is 0 Å². The number of hydrogen-bond acceptors (Lipinski definition) is 3. The molecule has 2 aromatic carbocycles. The Balaban J connectivity index is 1.77. The van der Waals surface area contributed by atoms with Gasteiger partial charge in [-0.3, -0.25) is 4.79 Å². The van der Waals surface area contributed by atoms with Gasteiger partial charge < -0.3 is 15.5 Å². The van der Waals surface area contributed by atoms with Gasteiger partial charge in [0.05, 0.1) is 5.69 Å². The molecule has 0 aliphatic carbocycles. The molecule has 0 saturated carbocycles. The molecule has 0 spiro atoms. The van der Waals surface area contributed by atoms with Crippen molar-refractivity contribution in [2.75, 3.05) is 36.4 Å². The van der Waals surface area contributed by atoms with Crippen LogP contribution in [0.1, 0.15) is 35.7 Å². The van der Waals surface area contributed by atoms with Gasteiger partial charge in [0.15, 0.2) is 0 Å². The largest absolute Gasteiger partial charge is 0.367 e. The molecule has 3 rings (SSSR count). The van der Waals surface area contributed by atoms with Gasteiger partial charge in [-0.2, -0.15) is 0 Å². The maximum atomic E-state index is 14.5. The minimum atomic E-state index is -0.308. The van der Waals surface area contributed by atoms with Gasteiger partial charge in [0.25, 0.3) is 5.91 Å². The van der Waals surface area contributed by atoms with Crippen LogP contribution in [-0.2, 0) is 0 Å². The summed E-state index contributed by atoms with van der Waals surface area (Å²) in [4.78, 5) is 14.6. The van der Waals surface area contributed by atoms with Crippen LogP contribution in [-0.4, -0.2) is 32.1 Å². The molecule has 132 valence electrons. The summed E-state index contributed by atoms with van der Waals surface area (Å²) in [6, 6.07) is 12.4. The highest BCUT2D eigenvalue weighted by Gasteiger charge is 2.17. The molecule has 0 unspecified atom stereocenters. The Bertz CT molecular complexity index is 754. The second-order valence-corrected chi connectivity index (χ2v) is 6.60. The van der Waals surface area contributed by atoms with Gasteiger partial charge in [0, 0.05) is 37.4 Å². The third-order valence-corrected chi connectivity index (χ3v) is 4.49. The van der Waals surface area contributed by atoms with E-state index in [1.807, 2.05) is 36.9 Å². The Labute approximate surface area is 148 Å². The molecule has 0 bridgehead atoms. The van der Waals surface area contributed by atoms with Crippen molar-refractivity contribution in [2.24, 2.45) is 0 Å². The predicted molar refractivity (Wildman–Crippen MR) is 100.0 cm³/mol. The van der Waals surface area contributed by atoms with Gasteiger partial charge in [-0.1, -0.05) is 32.0 Å². The molecule has 0 aromatic heterocycles. The highest BCUT2D eigenvalue weighted by atomic mass is 19.1. The first-order chi connectivity index (χ1) is 12.1. The molecule has 1 aliphatic heterocycles. The van der Waals surface area contributed by atoms with Crippen molar-refractivity contribution in [2.45, 2.75) is 19.8 Å². The monoisotopic (exact) mass is 341 g/mol. The van der Waals surface area contributed by atoms with Crippen molar-refractivity contribution < 1.29 is 9.18 Å². The van der Waals surface area contributed by atoms with Crippen LogP contribution in [0.4, 0.5) is 15.8 Å². The molecule has 0 atom stereocenters. The minimum Gasteiger partial charge on any atom is -0.367 e. The molecule has 2 N–H and O–H groups in total. The lowest BCUT2D eigenvalue weighted by atomic mass is 9.97. The third-order valence-electron chi connectivity index (χ3n) is 4.49. The van der Waals surface area contributed by atoms with Crippen molar-refractivity contribution in [3.8, 4) is 0 Å². The first-order valence-corrected chi connectivity index (χ1v) is 8.72. The molecule has 2 aromatic rings. The lowest BCUT2D eigenvalue weighted by Crippen LogP contribution is -2.43. The van der Waals surface area contributed by atoms with E-state index < -0.39 is 0 Å². The molecule has 1 saturated heterocycles. The van der Waals surface area contributed by atoms with E-state index in [1.54, 1.807) is 18.2 Å². The maximum absolute atomic E-state index is 14.5. The number of piperazine rings is 1. The highest BCUT2D eigenvalue weighted by molar-refractivity contribution is 6.05. The number of hydrogen-bond donors (Lipinski definition) is 2. The summed E-state index contributed by atoms with van der Waals surface area (Å²) >= 11 is 0. The van der Waals surface area contributed by atoms with Crippen LogP contribution < -0.4 is 15.5 Å². The summed E-state index contributed by atoms with van der Waals surface area (Å²) < 4.78 is 14.5. The fraction of sp³-hybridized carbons (Fsp3) is 0.350. The van der Waals surface area contributed by atoms with E-state index in [9.17, 15) is 9.18 Å². The van der Waals surface area contributed by atoms with E-state index in [1.165, 1.54) is 6.07 Å². The lowest BCUT2D eigenvalue weighted by Gasteiger charge is -2.29. The molecule has 1 aliphatic rings. The number of rotatable bonds is 4. The molecule has 0 radical (unpaired) electrons. The fourth-order valence-corrected chi connectivity index (χ4v) is 3.15. The Kier molecular flexibility index (Phi) is 5.34. The van der Waals surface area contributed by atoms with E-state index in [-0.39, 0.29) is 17.6 Å². The zero-order valence-electron chi connectivity index (χ0n) is 14.7. The minimum absolute atomic E-state index is 0.210. The molecular formula is C20H24FN3O. The van der Waals surface area contributed by atoms with E-state index in [0.717, 1.165) is 31.7 Å². The van der Waals surface area contributed by atoms with Gasteiger partial charge in [-0.25, -0.2) is 4.39 Å². The van der Waals surface area contributed by atoms with Crippen molar-refractivity contribution in [1.82, 2.24) is 5.32 Å². The SMILES string of the molecule is CC(C)c1ccccc1C(=O)Nc1ccc(N2CCNCC2)c(F)c1. The van der Waals surface area contributed by atoms with Gasteiger partial charge in [-0.05, 0) is 35.7 Å². The van der Waals surface area contributed by atoms with E-state index in [2.05, 4.69) is 10.6 Å². The van der Waals surface area contributed by atoms with Crippen LogP contribution >= 0.6 is 0 Å². The standard InChI is InChI=1S/C20H24FN3O/c1-14(2)16-5-3-4-6-17(16)20(25)23-15-7-8-19(18(21)13-15)24-11-9-22-10-12-24/h3-8,13-14,22H,9-12H2,1-2H3,(H,23,25). The number of halogens is 1. The molecule has 5 heteroatoms. The molecule has 25 heavy (non-hydrogen) atoms. The number of benzene rings is 2. The van der Waals surface area contributed by atoms with Crippen LogP contribution in [0.25, 0.3) is 0 Å². The highest BCUT2D eigenvalue weighted by Crippen LogP contribution is 2.25. The number of amides is 1. The number of carbonyl (C=O) groups is 1. The fourth-order valence-electron chi connectivity index (χ4n) is 3.15. The summed E-state index contributed by atoms with van der Waals surface area (Å²) in [6.07, 6.45) is 0. The molecule has 1 amide bonds.